The molecular formula is C25H24BrFN2O2. The maximum Gasteiger partial charge on any atom is 0.319 e. The summed E-state index contributed by atoms with van der Waals surface area (Å²) < 4.78 is 27.2. The highest BCUT2D eigenvalue weighted by molar-refractivity contribution is 9.10. The number of methoxy groups -OCH3 is 2. The predicted molar refractivity (Wildman–Crippen MR) is 123 cm³/mol. The monoisotopic (exact) mass is 482 g/mol. The molecule has 1 aromatic heterocycles. The van der Waals surface area contributed by atoms with Crippen LogP contribution in [0, 0.1) is 0 Å². The molecule has 3 aromatic rings. The Morgan fingerprint density at radius 2 is 1.74 bits per heavy atom. The van der Waals surface area contributed by atoms with Crippen LogP contribution in [0.5, 0.6) is 11.9 Å². The third kappa shape index (κ3) is 4.79. The summed E-state index contributed by atoms with van der Waals surface area (Å²) in [7, 11) is 3.12. The third-order valence-corrected chi connectivity index (χ3v) is 6.12. The smallest absolute Gasteiger partial charge is 0.319 e. The van der Waals surface area contributed by atoms with Gasteiger partial charge in [0.1, 0.15) is 6.17 Å². The lowest BCUT2D eigenvalue weighted by atomic mass is 9.81. The van der Waals surface area contributed by atoms with E-state index in [9.17, 15) is 0 Å². The number of hydrogen-bond donors (Lipinski definition) is 0. The number of ether oxygens (including phenoxy) is 2. The molecule has 4 rings (SSSR count). The molecule has 2 atom stereocenters. The second-order valence-electron chi connectivity index (χ2n) is 7.55. The summed E-state index contributed by atoms with van der Waals surface area (Å²) in [5, 5.41) is 0. The van der Waals surface area contributed by atoms with E-state index in [2.05, 4.69) is 38.0 Å². The number of nitrogens with zero attached hydrogens (tertiary/aromatic N) is 2. The Kier molecular flexibility index (Phi) is 6.66. The van der Waals surface area contributed by atoms with Gasteiger partial charge in [0.25, 0.3) is 0 Å². The highest BCUT2D eigenvalue weighted by atomic mass is 79.9. The molecule has 0 saturated carbocycles. The van der Waals surface area contributed by atoms with Crippen LogP contribution in [0.2, 0.25) is 0 Å². The van der Waals surface area contributed by atoms with Crippen LogP contribution in [0.25, 0.3) is 5.57 Å². The maximum atomic E-state index is 15.3. The van der Waals surface area contributed by atoms with Gasteiger partial charge in [0.2, 0.25) is 5.88 Å². The average molecular weight is 483 g/mol. The van der Waals surface area contributed by atoms with E-state index in [1.807, 2.05) is 48.5 Å². The van der Waals surface area contributed by atoms with Crippen molar-refractivity contribution in [3.8, 4) is 11.9 Å². The lowest BCUT2D eigenvalue weighted by Gasteiger charge is -2.27. The second-order valence-corrected chi connectivity index (χ2v) is 8.46. The van der Waals surface area contributed by atoms with Crippen LogP contribution in [-0.2, 0) is 6.42 Å². The maximum absolute atomic E-state index is 15.3. The number of alkyl halides is 1. The van der Waals surface area contributed by atoms with E-state index >= 15 is 4.39 Å². The van der Waals surface area contributed by atoms with E-state index in [0.29, 0.717) is 25.1 Å². The number of aromatic nitrogens is 2. The minimum absolute atomic E-state index is 0.0845. The number of benzene rings is 2. The Labute approximate surface area is 190 Å². The van der Waals surface area contributed by atoms with E-state index in [1.54, 1.807) is 7.11 Å². The highest BCUT2D eigenvalue weighted by Gasteiger charge is 2.30. The van der Waals surface area contributed by atoms with Crippen LogP contribution < -0.4 is 9.47 Å². The van der Waals surface area contributed by atoms with Crippen LogP contribution in [-0.4, -0.2) is 30.4 Å². The largest absolute Gasteiger partial charge is 0.481 e. The molecule has 2 aromatic carbocycles. The van der Waals surface area contributed by atoms with Gasteiger partial charge >= 0.3 is 6.01 Å². The summed E-state index contributed by atoms with van der Waals surface area (Å²) in [5.41, 5.74) is 4.45. The summed E-state index contributed by atoms with van der Waals surface area (Å²) in [6, 6.07) is 18.1. The summed E-state index contributed by atoms with van der Waals surface area (Å²) >= 11 is 3.44. The van der Waals surface area contributed by atoms with Crippen molar-refractivity contribution in [2.45, 2.75) is 31.4 Å². The molecule has 0 N–H and O–H groups in total. The molecule has 1 aliphatic rings. The Morgan fingerprint density at radius 3 is 2.39 bits per heavy atom. The lowest BCUT2D eigenvalue weighted by molar-refractivity contribution is 0.330. The quantitative estimate of drug-likeness (QED) is 0.422. The van der Waals surface area contributed by atoms with Gasteiger partial charge in [-0.15, -0.1) is 0 Å². The van der Waals surface area contributed by atoms with Crippen LogP contribution in [0.15, 0.2) is 65.1 Å². The Hall–Kier alpha value is -2.73. The summed E-state index contributed by atoms with van der Waals surface area (Å²) in [6.07, 6.45) is 2.58. The van der Waals surface area contributed by atoms with Gasteiger partial charge in [-0.05, 0) is 41.7 Å². The van der Waals surface area contributed by atoms with Crippen molar-refractivity contribution in [1.82, 2.24) is 9.97 Å². The second kappa shape index (κ2) is 9.60. The number of allylic oxidation sites excluding steroid dienone is 2. The van der Waals surface area contributed by atoms with E-state index in [-0.39, 0.29) is 11.9 Å². The Balaban J connectivity index is 1.70. The van der Waals surface area contributed by atoms with Crippen LogP contribution in [0.4, 0.5) is 4.39 Å². The Bertz CT molecular complexity index is 1070. The number of hydrogen-bond acceptors (Lipinski definition) is 4. The van der Waals surface area contributed by atoms with Crippen molar-refractivity contribution in [3.05, 3.63) is 87.5 Å². The van der Waals surface area contributed by atoms with Crippen molar-refractivity contribution in [1.29, 1.82) is 0 Å². The molecule has 0 radical (unpaired) electrons. The molecular weight excluding hydrogens is 459 g/mol. The fourth-order valence-corrected chi connectivity index (χ4v) is 4.32. The molecule has 0 aliphatic heterocycles. The predicted octanol–water partition coefficient (Wildman–Crippen LogP) is 6.15. The molecule has 4 nitrogen and oxygen atoms in total. The zero-order valence-corrected chi connectivity index (χ0v) is 19.1. The van der Waals surface area contributed by atoms with Crippen molar-refractivity contribution in [2.24, 2.45) is 0 Å². The van der Waals surface area contributed by atoms with Gasteiger partial charge in [0.05, 0.1) is 19.9 Å². The fraction of sp³-hybridized carbons (Fsp3) is 0.280. The van der Waals surface area contributed by atoms with E-state index in [1.165, 1.54) is 7.11 Å². The molecule has 31 heavy (non-hydrogen) atoms. The lowest BCUT2D eigenvalue weighted by Crippen LogP contribution is -2.19. The SMILES string of the molecule is COc1nc(OC)c(Cc2ccccc2)c(C2CC=C(c3ccc(Br)cc3)C(F)C2)n1. The van der Waals surface area contributed by atoms with Crippen LogP contribution in [0.1, 0.15) is 41.1 Å². The minimum atomic E-state index is -1.07. The molecule has 2 unspecified atom stereocenters. The third-order valence-electron chi connectivity index (χ3n) is 5.60. The molecule has 1 heterocycles. The molecule has 0 fully saturated rings. The molecule has 6 heteroatoms. The summed E-state index contributed by atoms with van der Waals surface area (Å²) in [6.45, 7) is 0. The molecule has 0 bridgehead atoms. The summed E-state index contributed by atoms with van der Waals surface area (Å²) in [5.74, 6) is 0.391. The molecule has 0 saturated heterocycles. The zero-order chi connectivity index (χ0) is 21.8. The van der Waals surface area contributed by atoms with Gasteiger partial charge in [-0.2, -0.15) is 9.97 Å². The van der Waals surface area contributed by atoms with Gasteiger partial charge in [-0.25, -0.2) is 4.39 Å². The van der Waals surface area contributed by atoms with E-state index in [4.69, 9.17) is 9.47 Å². The first-order chi connectivity index (χ1) is 15.1. The van der Waals surface area contributed by atoms with E-state index in [0.717, 1.165) is 32.4 Å². The van der Waals surface area contributed by atoms with Gasteiger partial charge in [-0.3, -0.25) is 0 Å². The molecule has 0 amide bonds. The average Bonchev–Trinajstić information content (AvgIpc) is 2.80. The normalized spacial score (nSPS) is 18.4. The van der Waals surface area contributed by atoms with Crippen molar-refractivity contribution < 1.29 is 13.9 Å². The van der Waals surface area contributed by atoms with Crippen molar-refractivity contribution >= 4 is 21.5 Å². The first-order valence-electron chi connectivity index (χ1n) is 10.2. The number of halogens is 2. The van der Waals surface area contributed by atoms with E-state index < -0.39 is 6.17 Å². The van der Waals surface area contributed by atoms with Crippen molar-refractivity contribution in [2.75, 3.05) is 14.2 Å². The first-order valence-corrected chi connectivity index (χ1v) is 11.0. The van der Waals surface area contributed by atoms with Gasteiger partial charge in [-0.1, -0.05) is 64.5 Å². The fourth-order valence-electron chi connectivity index (χ4n) is 4.06. The van der Waals surface area contributed by atoms with Gasteiger partial charge in [0, 0.05) is 22.4 Å². The Morgan fingerprint density at radius 1 is 1.00 bits per heavy atom. The van der Waals surface area contributed by atoms with Crippen LogP contribution in [0.3, 0.4) is 0 Å². The first kappa shape index (κ1) is 21.5. The van der Waals surface area contributed by atoms with Crippen molar-refractivity contribution in [3.63, 3.8) is 0 Å². The molecule has 0 spiro atoms. The minimum Gasteiger partial charge on any atom is -0.481 e. The van der Waals surface area contributed by atoms with Crippen LogP contribution >= 0.6 is 15.9 Å². The van der Waals surface area contributed by atoms with Gasteiger partial charge in [0.15, 0.2) is 0 Å². The zero-order valence-electron chi connectivity index (χ0n) is 17.5. The topological polar surface area (TPSA) is 44.2 Å². The molecule has 160 valence electrons. The number of rotatable bonds is 6. The summed E-state index contributed by atoms with van der Waals surface area (Å²) in [4.78, 5) is 9.03. The standard InChI is InChI=1S/C25H24BrFN2O2/c1-30-24-21(14-16-6-4-3-5-7-16)23(28-25(29-24)31-2)18-10-13-20(22(27)15-18)17-8-11-19(26)12-9-17/h3-9,11-13,18,22H,10,14-15H2,1-2H3. The van der Waals surface area contributed by atoms with Gasteiger partial charge < -0.3 is 9.47 Å². The molecule has 1 aliphatic carbocycles. The highest BCUT2D eigenvalue weighted by Crippen LogP contribution is 2.41.